The molecule has 0 saturated carbocycles. The van der Waals surface area contributed by atoms with E-state index in [2.05, 4.69) is 45.6 Å². The Labute approximate surface area is 133 Å². The molecule has 0 aliphatic heterocycles. The van der Waals surface area contributed by atoms with Gasteiger partial charge in [0, 0.05) is 10.5 Å². The van der Waals surface area contributed by atoms with Crippen LogP contribution in [0.5, 0.6) is 0 Å². The summed E-state index contributed by atoms with van der Waals surface area (Å²) >= 11 is 3.42. The van der Waals surface area contributed by atoms with Gasteiger partial charge in [0.1, 0.15) is 0 Å². The van der Waals surface area contributed by atoms with Crippen molar-refractivity contribution in [1.82, 2.24) is 5.32 Å². The first-order chi connectivity index (χ1) is 10.2. The van der Waals surface area contributed by atoms with Crippen LogP contribution in [0.4, 0.5) is 5.69 Å². The van der Waals surface area contributed by atoms with Crippen LogP contribution in [0.1, 0.15) is 24.9 Å². The van der Waals surface area contributed by atoms with E-state index in [0.29, 0.717) is 0 Å². The highest BCUT2D eigenvalue weighted by atomic mass is 79.9. The third kappa shape index (κ3) is 4.69. The third-order valence-corrected chi connectivity index (χ3v) is 3.96. The smallest absolute Gasteiger partial charge is 0.238 e. The number of carbonyl (C=O) groups is 1. The molecule has 3 nitrogen and oxygen atoms in total. The van der Waals surface area contributed by atoms with Crippen LogP contribution in [0.2, 0.25) is 0 Å². The van der Waals surface area contributed by atoms with Crippen molar-refractivity contribution in [2.24, 2.45) is 0 Å². The average molecular weight is 347 g/mol. The van der Waals surface area contributed by atoms with Gasteiger partial charge in [-0.3, -0.25) is 4.79 Å². The van der Waals surface area contributed by atoms with Crippen LogP contribution in [-0.2, 0) is 4.79 Å². The second-order valence-corrected chi connectivity index (χ2v) is 5.63. The molecule has 2 N–H and O–H groups in total. The summed E-state index contributed by atoms with van der Waals surface area (Å²) in [5, 5.41) is 6.19. The van der Waals surface area contributed by atoms with Gasteiger partial charge in [0.2, 0.25) is 5.91 Å². The van der Waals surface area contributed by atoms with E-state index in [1.165, 1.54) is 5.56 Å². The Morgan fingerprint density at radius 1 is 1.10 bits per heavy atom. The van der Waals surface area contributed by atoms with Gasteiger partial charge in [-0.1, -0.05) is 49.4 Å². The molecule has 0 aliphatic carbocycles. The van der Waals surface area contributed by atoms with Crippen LogP contribution < -0.4 is 10.6 Å². The topological polar surface area (TPSA) is 41.1 Å². The molecule has 0 radical (unpaired) electrons. The van der Waals surface area contributed by atoms with Gasteiger partial charge < -0.3 is 10.6 Å². The highest BCUT2D eigenvalue weighted by Crippen LogP contribution is 2.21. The molecule has 0 bridgehead atoms. The van der Waals surface area contributed by atoms with Crippen LogP contribution in [-0.4, -0.2) is 12.5 Å². The Morgan fingerprint density at radius 2 is 1.76 bits per heavy atom. The Balaban J connectivity index is 1.90. The van der Waals surface area contributed by atoms with Crippen LogP contribution >= 0.6 is 15.9 Å². The lowest BCUT2D eigenvalue weighted by molar-refractivity contribution is -0.115. The molecule has 2 aromatic rings. The lowest BCUT2D eigenvalue weighted by atomic mass is 10.0. The monoisotopic (exact) mass is 346 g/mol. The van der Waals surface area contributed by atoms with Crippen molar-refractivity contribution in [3.05, 3.63) is 64.6 Å². The quantitative estimate of drug-likeness (QED) is 0.825. The number of amides is 1. The van der Waals surface area contributed by atoms with E-state index in [1.54, 1.807) is 0 Å². The van der Waals surface area contributed by atoms with Crippen molar-refractivity contribution in [3.63, 3.8) is 0 Å². The van der Waals surface area contributed by atoms with Gasteiger partial charge in [0.15, 0.2) is 0 Å². The number of halogens is 1. The number of rotatable bonds is 6. The Morgan fingerprint density at radius 3 is 2.43 bits per heavy atom. The van der Waals surface area contributed by atoms with Gasteiger partial charge in [0.05, 0.1) is 12.2 Å². The molecule has 1 atom stereocenters. The number of para-hydroxylation sites is 1. The van der Waals surface area contributed by atoms with Gasteiger partial charge in [0.25, 0.3) is 0 Å². The third-order valence-electron chi connectivity index (χ3n) is 3.27. The number of hydrogen-bond donors (Lipinski definition) is 2. The van der Waals surface area contributed by atoms with Gasteiger partial charge in [-0.2, -0.15) is 0 Å². The van der Waals surface area contributed by atoms with Crippen LogP contribution in [0.15, 0.2) is 59.1 Å². The molecule has 2 rings (SSSR count). The fraction of sp³-hybridized carbons (Fsp3) is 0.235. The number of anilines is 1. The molecule has 0 aromatic heterocycles. The minimum Gasteiger partial charge on any atom is -0.324 e. The fourth-order valence-electron chi connectivity index (χ4n) is 2.16. The molecule has 110 valence electrons. The van der Waals surface area contributed by atoms with E-state index >= 15 is 0 Å². The summed E-state index contributed by atoms with van der Waals surface area (Å²) in [6, 6.07) is 18.0. The molecule has 0 fully saturated rings. The van der Waals surface area contributed by atoms with Gasteiger partial charge in [-0.15, -0.1) is 0 Å². The molecule has 2 aromatic carbocycles. The summed E-state index contributed by atoms with van der Waals surface area (Å²) < 4.78 is 0.883. The van der Waals surface area contributed by atoms with Crippen molar-refractivity contribution >= 4 is 27.5 Å². The predicted octanol–water partition coefficient (Wildman–Crippen LogP) is 4.13. The zero-order chi connectivity index (χ0) is 15.1. The summed E-state index contributed by atoms with van der Waals surface area (Å²) in [7, 11) is 0. The van der Waals surface area contributed by atoms with Crippen molar-refractivity contribution in [2.75, 3.05) is 11.9 Å². The molecule has 0 aliphatic rings. The standard InChI is InChI=1S/C17H19BrN2O/c1-2-15(13-8-4-3-5-9-13)19-12-17(21)20-16-11-7-6-10-14(16)18/h3-11,15,19H,2,12H2,1H3,(H,20,21). The Bertz CT molecular complexity index is 586. The maximum atomic E-state index is 12.0. The molecule has 1 unspecified atom stereocenters. The molecule has 0 spiro atoms. The first kappa shape index (κ1) is 15.7. The number of nitrogens with one attached hydrogen (secondary N) is 2. The molecule has 1 amide bonds. The largest absolute Gasteiger partial charge is 0.324 e. The minimum atomic E-state index is -0.0451. The highest BCUT2D eigenvalue weighted by Gasteiger charge is 2.11. The minimum absolute atomic E-state index is 0.0451. The summed E-state index contributed by atoms with van der Waals surface area (Å²) in [5.41, 5.74) is 1.99. The molecule has 4 heteroatoms. The van der Waals surface area contributed by atoms with Crippen molar-refractivity contribution < 1.29 is 4.79 Å². The summed E-state index contributed by atoms with van der Waals surface area (Å²) in [6.45, 7) is 2.39. The molecule has 0 heterocycles. The second-order valence-electron chi connectivity index (χ2n) is 4.78. The van der Waals surface area contributed by atoms with Crippen molar-refractivity contribution in [3.8, 4) is 0 Å². The maximum absolute atomic E-state index is 12.0. The van der Waals surface area contributed by atoms with Crippen molar-refractivity contribution in [1.29, 1.82) is 0 Å². The molecular formula is C17H19BrN2O. The van der Waals surface area contributed by atoms with E-state index in [0.717, 1.165) is 16.6 Å². The number of benzene rings is 2. The van der Waals surface area contributed by atoms with Crippen LogP contribution in [0, 0.1) is 0 Å². The van der Waals surface area contributed by atoms with Crippen LogP contribution in [0.3, 0.4) is 0 Å². The first-order valence-corrected chi connectivity index (χ1v) is 7.82. The van der Waals surface area contributed by atoms with E-state index in [-0.39, 0.29) is 18.5 Å². The maximum Gasteiger partial charge on any atom is 0.238 e. The molecule has 21 heavy (non-hydrogen) atoms. The SMILES string of the molecule is CCC(NCC(=O)Nc1ccccc1Br)c1ccccc1. The normalized spacial score (nSPS) is 11.9. The van der Waals surface area contributed by atoms with Crippen LogP contribution in [0.25, 0.3) is 0 Å². The first-order valence-electron chi connectivity index (χ1n) is 7.03. The summed E-state index contributed by atoms with van der Waals surface area (Å²) in [5.74, 6) is -0.0451. The van der Waals surface area contributed by atoms with Crippen molar-refractivity contribution in [2.45, 2.75) is 19.4 Å². The van der Waals surface area contributed by atoms with E-state index < -0.39 is 0 Å². The van der Waals surface area contributed by atoms with E-state index in [1.807, 2.05) is 42.5 Å². The zero-order valence-corrected chi connectivity index (χ0v) is 13.6. The number of hydrogen-bond acceptors (Lipinski definition) is 2. The summed E-state index contributed by atoms with van der Waals surface area (Å²) in [4.78, 5) is 12.0. The van der Waals surface area contributed by atoms with Gasteiger partial charge in [-0.25, -0.2) is 0 Å². The van der Waals surface area contributed by atoms with E-state index in [9.17, 15) is 4.79 Å². The zero-order valence-electron chi connectivity index (χ0n) is 12.0. The van der Waals surface area contributed by atoms with Gasteiger partial charge >= 0.3 is 0 Å². The lowest BCUT2D eigenvalue weighted by Crippen LogP contribution is -2.31. The Hall–Kier alpha value is -1.65. The second kappa shape index (κ2) is 7.96. The lowest BCUT2D eigenvalue weighted by Gasteiger charge is -2.17. The average Bonchev–Trinajstić information content (AvgIpc) is 2.51. The summed E-state index contributed by atoms with van der Waals surface area (Å²) in [6.07, 6.45) is 0.937. The van der Waals surface area contributed by atoms with E-state index in [4.69, 9.17) is 0 Å². The molecular weight excluding hydrogens is 328 g/mol. The number of carbonyl (C=O) groups excluding carboxylic acids is 1. The molecule has 0 saturated heterocycles. The Kier molecular flexibility index (Phi) is 5.96. The predicted molar refractivity (Wildman–Crippen MR) is 90.2 cm³/mol. The highest BCUT2D eigenvalue weighted by molar-refractivity contribution is 9.10. The van der Waals surface area contributed by atoms with Gasteiger partial charge in [-0.05, 0) is 40.0 Å². The fourth-order valence-corrected chi connectivity index (χ4v) is 2.54.